The highest BCUT2D eigenvalue weighted by Gasteiger charge is 2.25. The second-order valence-electron chi connectivity index (χ2n) is 5.82. The van der Waals surface area contributed by atoms with Crippen LogP contribution in [0.15, 0.2) is 18.2 Å². The smallest absolute Gasteiger partial charge is 0.221 e. The molecule has 2 heterocycles. The van der Waals surface area contributed by atoms with Gasteiger partial charge in [0.2, 0.25) is 5.91 Å². The second kappa shape index (κ2) is 5.85. The average molecular weight is 288 g/mol. The molecule has 21 heavy (non-hydrogen) atoms. The van der Waals surface area contributed by atoms with E-state index < -0.39 is 0 Å². The highest BCUT2D eigenvalue weighted by molar-refractivity contribution is 5.98. The Morgan fingerprint density at radius 1 is 1.38 bits per heavy atom. The van der Waals surface area contributed by atoms with Gasteiger partial charge in [-0.2, -0.15) is 0 Å². The lowest BCUT2D eigenvalue weighted by Gasteiger charge is -2.30. The number of Topliss-reactive ketones (excluding diaryl/α,β-unsaturated/α-hetero) is 1. The van der Waals surface area contributed by atoms with Crippen molar-refractivity contribution in [1.82, 2.24) is 4.90 Å². The Labute approximate surface area is 124 Å². The summed E-state index contributed by atoms with van der Waals surface area (Å²) in [6.45, 7) is 2.49. The van der Waals surface area contributed by atoms with Gasteiger partial charge in [0.25, 0.3) is 0 Å². The predicted molar refractivity (Wildman–Crippen MR) is 78.3 cm³/mol. The molecular weight excluding hydrogens is 268 g/mol. The number of fused-ring (bicyclic) bond motifs is 1. The lowest BCUT2D eigenvalue weighted by Crippen LogP contribution is -2.43. The average Bonchev–Trinajstić information content (AvgIpc) is 2.94. The Balaban J connectivity index is 1.64. The molecule has 2 aliphatic rings. The number of piperidine rings is 1. The van der Waals surface area contributed by atoms with Gasteiger partial charge in [-0.1, -0.05) is 0 Å². The quantitative estimate of drug-likeness (QED) is 0.839. The van der Waals surface area contributed by atoms with E-state index in [2.05, 4.69) is 0 Å². The molecule has 1 aromatic rings. The first-order valence-electron chi connectivity index (χ1n) is 7.44. The van der Waals surface area contributed by atoms with Gasteiger partial charge in [0.1, 0.15) is 5.75 Å². The lowest BCUT2D eigenvalue weighted by molar-refractivity contribution is -0.123. The van der Waals surface area contributed by atoms with Gasteiger partial charge in [-0.05, 0) is 43.1 Å². The number of amides is 1. The number of ketones is 1. The van der Waals surface area contributed by atoms with Gasteiger partial charge < -0.3 is 10.5 Å². The molecule has 1 amide bonds. The molecule has 0 aliphatic carbocycles. The predicted octanol–water partition coefficient (Wildman–Crippen LogP) is 1.00. The van der Waals surface area contributed by atoms with Crippen LogP contribution < -0.4 is 10.5 Å². The van der Waals surface area contributed by atoms with Crippen LogP contribution in [0, 0.1) is 5.92 Å². The summed E-state index contributed by atoms with van der Waals surface area (Å²) in [5.41, 5.74) is 7.20. The van der Waals surface area contributed by atoms with Crippen LogP contribution in [-0.4, -0.2) is 42.8 Å². The fraction of sp³-hybridized carbons (Fsp3) is 0.500. The molecule has 0 radical (unpaired) electrons. The molecule has 1 fully saturated rings. The maximum Gasteiger partial charge on any atom is 0.221 e. The van der Waals surface area contributed by atoms with Gasteiger partial charge in [0, 0.05) is 18.5 Å². The maximum absolute atomic E-state index is 12.4. The third kappa shape index (κ3) is 3.08. The fourth-order valence-corrected chi connectivity index (χ4v) is 3.09. The number of ether oxygens (including phenoxy) is 1. The molecule has 5 heteroatoms. The lowest BCUT2D eigenvalue weighted by atomic mass is 9.97. The monoisotopic (exact) mass is 288 g/mol. The molecule has 5 nitrogen and oxygen atoms in total. The van der Waals surface area contributed by atoms with Gasteiger partial charge in [-0.3, -0.25) is 14.5 Å². The first-order chi connectivity index (χ1) is 10.1. The molecule has 2 N–H and O–H groups in total. The molecule has 1 atom stereocenters. The molecule has 1 unspecified atom stereocenters. The Hall–Kier alpha value is -1.88. The number of carbonyl (C=O) groups is 2. The topological polar surface area (TPSA) is 72.6 Å². The molecule has 112 valence electrons. The van der Waals surface area contributed by atoms with Gasteiger partial charge in [-0.15, -0.1) is 0 Å². The van der Waals surface area contributed by atoms with E-state index in [1.54, 1.807) is 0 Å². The summed E-state index contributed by atoms with van der Waals surface area (Å²) in [6, 6.07) is 5.63. The molecule has 0 spiro atoms. The number of primary amides is 1. The minimum absolute atomic E-state index is 0.0924. The van der Waals surface area contributed by atoms with Crippen LogP contribution in [-0.2, 0) is 11.2 Å². The molecule has 0 bridgehead atoms. The van der Waals surface area contributed by atoms with Crippen LogP contribution in [0.2, 0.25) is 0 Å². The number of hydrogen-bond donors (Lipinski definition) is 1. The first-order valence-corrected chi connectivity index (χ1v) is 7.44. The molecule has 1 saturated heterocycles. The summed E-state index contributed by atoms with van der Waals surface area (Å²) in [4.78, 5) is 25.7. The van der Waals surface area contributed by atoms with Crippen molar-refractivity contribution in [2.45, 2.75) is 19.3 Å². The van der Waals surface area contributed by atoms with E-state index in [-0.39, 0.29) is 17.6 Å². The molecule has 2 aliphatic heterocycles. The Bertz CT molecular complexity index is 571. The number of carbonyl (C=O) groups excluding carboxylic acids is 2. The second-order valence-corrected chi connectivity index (χ2v) is 5.82. The number of nitrogens with zero attached hydrogens (tertiary/aromatic N) is 1. The molecule has 1 aromatic carbocycles. The summed E-state index contributed by atoms with van der Waals surface area (Å²) in [7, 11) is 0. The van der Waals surface area contributed by atoms with Gasteiger partial charge >= 0.3 is 0 Å². The van der Waals surface area contributed by atoms with E-state index in [4.69, 9.17) is 10.5 Å². The molecule has 0 saturated carbocycles. The minimum Gasteiger partial charge on any atom is -0.493 e. The van der Waals surface area contributed by atoms with Gasteiger partial charge in [-0.25, -0.2) is 0 Å². The van der Waals surface area contributed by atoms with E-state index in [1.807, 2.05) is 23.1 Å². The van der Waals surface area contributed by atoms with Crippen molar-refractivity contribution in [3.63, 3.8) is 0 Å². The standard InChI is InChI=1S/C16H20N2O3/c17-16(20)13-2-1-6-18(9-13)10-14(19)11-3-4-15-12(8-11)5-7-21-15/h3-4,8,13H,1-2,5-7,9-10H2,(H2,17,20). The van der Waals surface area contributed by atoms with Crippen LogP contribution >= 0.6 is 0 Å². The number of hydrogen-bond acceptors (Lipinski definition) is 4. The Morgan fingerprint density at radius 3 is 3.05 bits per heavy atom. The zero-order valence-corrected chi connectivity index (χ0v) is 12.0. The fourth-order valence-electron chi connectivity index (χ4n) is 3.09. The highest BCUT2D eigenvalue weighted by atomic mass is 16.5. The molecular formula is C16H20N2O3. The van der Waals surface area contributed by atoms with Crippen molar-refractivity contribution < 1.29 is 14.3 Å². The Morgan fingerprint density at radius 2 is 2.24 bits per heavy atom. The van der Waals surface area contributed by atoms with E-state index in [0.717, 1.165) is 42.7 Å². The summed E-state index contributed by atoms with van der Waals surface area (Å²) in [6.07, 6.45) is 2.61. The van der Waals surface area contributed by atoms with Gasteiger partial charge in [0.15, 0.2) is 5.78 Å². The van der Waals surface area contributed by atoms with Crippen molar-refractivity contribution in [3.8, 4) is 5.75 Å². The summed E-state index contributed by atoms with van der Waals surface area (Å²) in [5, 5.41) is 0. The number of rotatable bonds is 4. The van der Waals surface area contributed by atoms with E-state index >= 15 is 0 Å². The van der Waals surface area contributed by atoms with Crippen LogP contribution in [0.25, 0.3) is 0 Å². The SMILES string of the molecule is NC(=O)C1CCCN(CC(=O)c2ccc3c(c2)CCO3)C1. The van der Waals surface area contributed by atoms with Gasteiger partial charge in [0.05, 0.1) is 19.1 Å². The number of benzene rings is 1. The summed E-state index contributed by atoms with van der Waals surface area (Å²) in [5.74, 6) is 0.593. The summed E-state index contributed by atoms with van der Waals surface area (Å²) >= 11 is 0. The van der Waals surface area contributed by atoms with Crippen molar-refractivity contribution in [2.75, 3.05) is 26.2 Å². The maximum atomic E-state index is 12.4. The largest absolute Gasteiger partial charge is 0.493 e. The van der Waals surface area contributed by atoms with E-state index in [1.165, 1.54) is 0 Å². The third-order valence-corrected chi connectivity index (χ3v) is 4.29. The summed E-state index contributed by atoms with van der Waals surface area (Å²) < 4.78 is 5.45. The van der Waals surface area contributed by atoms with Crippen LogP contribution in [0.1, 0.15) is 28.8 Å². The zero-order chi connectivity index (χ0) is 14.8. The van der Waals surface area contributed by atoms with Crippen molar-refractivity contribution >= 4 is 11.7 Å². The van der Waals surface area contributed by atoms with Crippen LogP contribution in [0.5, 0.6) is 5.75 Å². The van der Waals surface area contributed by atoms with Crippen molar-refractivity contribution in [3.05, 3.63) is 29.3 Å². The van der Waals surface area contributed by atoms with Crippen LogP contribution in [0.4, 0.5) is 0 Å². The van der Waals surface area contributed by atoms with E-state index in [9.17, 15) is 9.59 Å². The zero-order valence-electron chi connectivity index (χ0n) is 12.0. The third-order valence-electron chi connectivity index (χ3n) is 4.29. The van der Waals surface area contributed by atoms with Crippen molar-refractivity contribution in [2.24, 2.45) is 11.7 Å². The first kappa shape index (κ1) is 14.1. The Kier molecular flexibility index (Phi) is 3.92. The highest BCUT2D eigenvalue weighted by Crippen LogP contribution is 2.26. The normalized spacial score (nSPS) is 21.6. The number of nitrogens with two attached hydrogens (primary N) is 1. The molecule has 0 aromatic heterocycles. The number of likely N-dealkylation sites (tertiary alicyclic amines) is 1. The van der Waals surface area contributed by atoms with Crippen LogP contribution in [0.3, 0.4) is 0 Å². The van der Waals surface area contributed by atoms with E-state index in [0.29, 0.717) is 19.7 Å². The molecule has 3 rings (SSSR count). The van der Waals surface area contributed by atoms with Crippen molar-refractivity contribution in [1.29, 1.82) is 0 Å². The minimum atomic E-state index is -0.262.